The number of methoxy groups -OCH3 is 1. The van der Waals surface area contributed by atoms with Gasteiger partial charge in [-0.25, -0.2) is 9.59 Å². The number of hydrogen-bond donors (Lipinski definition) is 3. The molecule has 1 heterocycles. The molecular formula is C19H15ClN2O6. The molecule has 144 valence electrons. The zero-order valence-electron chi connectivity index (χ0n) is 14.6. The van der Waals surface area contributed by atoms with Crippen LogP contribution >= 0.6 is 11.6 Å². The molecule has 0 aromatic heterocycles. The number of urea groups is 1. The minimum Gasteiger partial charge on any atom is -0.493 e. The molecule has 3 N–H and O–H groups in total. The van der Waals surface area contributed by atoms with Gasteiger partial charge in [0.15, 0.2) is 11.5 Å². The number of carbonyl (C=O) groups is 3. The van der Waals surface area contributed by atoms with Crippen molar-refractivity contribution in [2.75, 3.05) is 7.11 Å². The van der Waals surface area contributed by atoms with Crippen molar-refractivity contribution in [3.8, 4) is 11.5 Å². The van der Waals surface area contributed by atoms with Crippen LogP contribution in [0.3, 0.4) is 0 Å². The first-order valence-electron chi connectivity index (χ1n) is 8.04. The third-order valence-electron chi connectivity index (χ3n) is 3.84. The molecular weight excluding hydrogens is 388 g/mol. The number of aromatic carboxylic acids is 1. The molecule has 0 radical (unpaired) electrons. The minimum absolute atomic E-state index is 0.0795. The Morgan fingerprint density at radius 1 is 1.21 bits per heavy atom. The van der Waals surface area contributed by atoms with Crippen LogP contribution in [0.5, 0.6) is 11.5 Å². The molecule has 1 aliphatic rings. The van der Waals surface area contributed by atoms with Crippen LogP contribution < -0.4 is 20.1 Å². The summed E-state index contributed by atoms with van der Waals surface area (Å²) in [6.07, 6.45) is 1.45. The van der Waals surface area contributed by atoms with Crippen LogP contribution in [0.25, 0.3) is 6.08 Å². The summed E-state index contributed by atoms with van der Waals surface area (Å²) in [6.45, 7) is 0.0795. The number of nitrogens with one attached hydrogen (secondary N) is 2. The SMILES string of the molecule is COc1cc(/C=C2/NC(=O)NC2=O)cc(Cl)c1OCc1cccc(C(=O)O)c1. The van der Waals surface area contributed by atoms with Gasteiger partial charge < -0.3 is 19.9 Å². The molecule has 0 bridgehead atoms. The average Bonchev–Trinajstić information content (AvgIpc) is 2.97. The number of ether oxygens (including phenoxy) is 2. The largest absolute Gasteiger partial charge is 0.493 e. The molecule has 0 unspecified atom stereocenters. The topological polar surface area (TPSA) is 114 Å². The summed E-state index contributed by atoms with van der Waals surface area (Å²) in [5.74, 6) is -0.984. The van der Waals surface area contributed by atoms with E-state index in [1.807, 2.05) is 0 Å². The lowest BCUT2D eigenvalue weighted by molar-refractivity contribution is -0.115. The van der Waals surface area contributed by atoms with Gasteiger partial charge in [0, 0.05) is 0 Å². The molecule has 0 saturated carbocycles. The van der Waals surface area contributed by atoms with Crippen molar-refractivity contribution in [1.82, 2.24) is 10.6 Å². The summed E-state index contributed by atoms with van der Waals surface area (Å²) in [5, 5.41) is 13.8. The van der Waals surface area contributed by atoms with E-state index in [-0.39, 0.29) is 28.6 Å². The van der Waals surface area contributed by atoms with Crippen LogP contribution in [0.2, 0.25) is 5.02 Å². The molecule has 1 fully saturated rings. The first-order chi connectivity index (χ1) is 13.4. The number of hydrogen-bond acceptors (Lipinski definition) is 5. The number of carboxylic acid groups (broad SMARTS) is 1. The lowest BCUT2D eigenvalue weighted by atomic mass is 10.1. The van der Waals surface area contributed by atoms with Crippen molar-refractivity contribution in [3.05, 3.63) is 63.8 Å². The Morgan fingerprint density at radius 2 is 2.00 bits per heavy atom. The summed E-state index contributed by atoms with van der Waals surface area (Å²) < 4.78 is 11.0. The fourth-order valence-electron chi connectivity index (χ4n) is 2.56. The third-order valence-corrected chi connectivity index (χ3v) is 4.12. The Labute approximate surface area is 164 Å². The van der Waals surface area contributed by atoms with E-state index in [1.54, 1.807) is 24.3 Å². The summed E-state index contributed by atoms with van der Waals surface area (Å²) in [5.41, 5.74) is 1.41. The van der Waals surface area contributed by atoms with Crippen LogP contribution in [0.1, 0.15) is 21.5 Å². The van der Waals surface area contributed by atoms with Crippen molar-refractivity contribution < 1.29 is 29.0 Å². The summed E-state index contributed by atoms with van der Waals surface area (Å²) in [7, 11) is 1.44. The van der Waals surface area contributed by atoms with Crippen molar-refractivity contribution in [3.63, 3.8) is 0 Å². The number of benzene rings is 2. The molecule has 1 aliphatic heterocycles. The third kappa shape index (κ3) is 4.24. The van der Waals surface area contributed by atoms with Gasteiger partial charge in [0.05, 0.1) is 17.7 Å². The number of halogens is 1. The van der Waals surface area contributed by atoms with E-state index < -0.39 is 17.9 Å². The first-order valence-corrected chi connectivity index (χ1v) is 8.42. The van der Waals surface area contributed by atoms with E-state index in [4.69, 9.17) is 26.2 Å². The molecule has 2 aromatic carbocycles. The molecule has 2 aromatic rings. The highest BCUT2D eigenvalue weighted by atomic mass is 35.5. The molecule has 3 amide bonds. The van der Waals surface area contributed by atoms with Crippen LogP contribution in [0.15, 0.2) is 42.1 Å². The van der Waals surface area contributed by atoms with Gasteiger partial charge in [-0.15, -0.1) is 0 Å². The van der Waals surface area contributed by atoms with Gasteiger partial charge in [-0.05, 0) is 41.5 Å². The zero-order chi connectivity index (χ0) is 20.3. The van der Waals surface area contributed by atoms with Gasteiger partial charge in [0.2, 0.25) is 0 Å². The van der Waals surface area contributed by atoms with Gasteiger partial charge in [-0.3, -0.25) is 10.1 Å². The highest BCUT2D eigenvalue weighted by Gasteiger charge is 2.23. The maximum absolute atomic E-state index is 11.6. The van der Waals surface area contributed by atoms with Crippen LogP contribution in [-0.4, -0.2) is 30.1 Å². The predicted molar refractivity (Wildman–Crippen MR) is 100 cm³/mol. The number of carbonyl (C=O) groups excluding carboxylic acids is 2. The van der Waals surface area contributed by atoms with Gasteiger partial charge in [-0.1, -0.05) is 23.7 Å². The number of imide groups is 1. The molecule has 3 rings (SSSR count). The standard InChI is InChI=1S/C19H15ClN2O6/c1-27-15-8-11(7-14-17(23)22-19(26)21-14)6-13(20)16(15)28-9-10-3-2-4-12(5-10)18(24)25/h2-8H,9H2,1H3,(H,24,25)(H2,21,22,23,26)/b14-7+. The lowest BCUT2D eigenvalue weighted by Crippen LogP contribution is -2.22. The van der Waals surface area contributed by atoms with Crippen LogP contribution in [0, 0.1) is 0 Å². The van der Waals surface area contributed by atoms with E-state index in [0.29, 0.717) is 16.9 Å². The number of amides is 3. The van der Waals surface area contributed by atoms with E-state index in [2.05, 4.69) is 10.6 Å². The molecule has 1 saturated heterocycles. The highest BCUT2D eigenvalue weighted by Crippen LogP contribution is 2.37. The van der Waals surface area contributed by atoms with Crippen molar-refractivity contribution >= 4 is 35.6 Å². The van der Waals surface area contributed by atoms with Gasteiger partial charge >= 0.3 is 12.0 Å². The second-order valence-corrected chi connectivity index (χ2v) is 6.20. The quantitative estimate of drug-likeness (QED) is 0.505. The van der Waals surface area contributed by atoms with E-state index >= 15 is 0 Å². The first kappa shape index (κ1) is 19.2. The molecule has 0 spiro atoms. The van der Waals surface area contributed by atoms with Gasteiger partial charge in [0.25, 0.3) is 5.91 Å². The second kappa shape index (κ2) is 8.01. The Morgan fingerprint density at radius 3 is 2.64 bits per heavy atom. The molecule has 8 nitrogen and oxygen atoms in total. The molecule has 0 atom stereocenters. The molecule has 9 heteroatoms. The molecule has 0 aliphatic carbocycles. The van der Waals surface area contributed by atoms with E-state index in [1.165, 1.54) is 25.3 Å². The summed E-state index contributed by atoms with van der Waals surface area (Å²) >= 11 is 6.30. The Hall–Kier alpha value is -3.52. The van der Waals surface area contributed by atoms with Crippen LogP contribution in [0.4, 0.5) is 4.79 Å². The second-order valence-electron chi connectivity index (χ2n) is 5.79. The average molecular weight is 403 g/mol. The maximum atomic E-state index is 11.6. The van der Waals surface area contributed by atoms with Gasteiger partial charge in [-0.2, -0.15) is 0 Å². The van der Waals surface area contributed by atoms with Crippen molar-refractivity contribution in [2.24, 2.45) is 0 Å². The van der Waals surface area contributed by atoms with Crippen LogP contribution in [-0.2, 0) is 11.4 Å². The highest BCUT2D eigenvalue weighted by molar-refractivity contribution is 6.32. The van der Waals surface area contributed by atoms with Crippen molar-refractivity contribution in [1.29, 1.82) is 0 Å². The number of carboxylic acids is 1. The predicted octanol–water partition coefficient (Wildman–Crippen LogP) is 2.81. The Kier molecular flexibility index (Phi) is 5.51. The Balaban J connectivity index is 1.83. The number of rotatable bonds is 6. The summed E-state index contributed by atoms with van der Waals surface area (Å²) in [6, 6.07) is 8.89. The fraction of sp³-hybridized carbons (Fsp3) is 0.105. The Bertz CT molecular complexity index is 1000. The minimum atomic E-state index is -1.03. The monoisotopic (exact) mass is 402 g/mol. The fourth-order valence-corrected chi connectivity index (χ4v) is 2.84. The lowest BCUT2D eigenvalue weighted by Gasteiger charge is -2.14. The smallest absolute Gasteiger partial charge is 0.335 e. The van der Waals surface area contributed by atoms with Crippen molar-refractivity contribution in [2.45, 2.75) is 6.61 Å². The van der Waals surface area contributed by atoms with E-state index in [0.717, 1.165) is 0 Å². The zero-order valence-corrected chi connectivity index (χ0v) is 15.4. The maximum Gasteiger partial charge on any atom is 0.335 e. The summed E-state index contributed by atoms with van der Waals surface area (Å²) in [4.78, 5) is 33.9. The normalized spacial score (nSPS) is 14.6. The molecule has 28 heavy (non-hydrogen) atoms. The van der Waals surface area contributed by atoms with Gasteiger partial charge in [0.1, 0.15) is 12.3 Å². The van der Waals surface area contributed by atoms with E-state index in [9.17, 15) is 14.4 Å².